The zero-order chi connectivity index (χ0) is 14.7. The van der Waals surface area contributed by atoms with Crippen LogP contribution >= 0.6 is 31.9 Å². The molecule has 0 atom stereocenters. The number of ketones is 1. The van der Waals surface area contributed by atoms with E-state index in [1.54, 1.807) is 24.3 Å². The van der Waals surface area contributed by atoms with Crippen molar-refractivity contribution in [2.24, 2.45) is 0 Å². The summed E-state index contributed by atoms with van der Waals surface area (Å²) in [5.41, 5.74) is 0.957. The number of ether oxygens (including phenoxy) is 2. The highest BCUT2D eigenvalue weighted by Gasteiger charge is 2.21. The van der Waals surface area contributed by atoms with Crippen LogP contribution in [0.2, 0.25) is 0 Å². The van der Waals surface area contributed by atoms with Crippen LogP contribution in [0.25, 0.3) is 0 Å². The van der Waals surface area contributed by atoms with Crippen molar-refractivity contribution in [3.05, 3.63) is 56.5 Å². The second-order valence-electron chi connectivity index (χ2n) is 3.99. The smallest absolute Gasteiger partial charge is 0.201 e. The maximum Gasteiger partial charge on any atom is 0.201 e. The van der Waals surface area contributed by atoms with Crippen LogP contribution in [0.4, 0.5) is 0 Å². The fourth-order valence-corrected chi connectivity index (χ4v) is 2.67. The molecule has 0 saturated heterocycles. The van der Waals surface area contributed by atoms with Crippen LogP contribution in [0.3, 0.4) is 0 Å². The minimum absolute atomic E-state index is 0.160. The van der Waals surface area contributed by atoms with Gasteiger partial charge in [-0.05, 0) is 30.3 Å². The minimum atomic E-state index is -0.160. The van der Waals surface area contributed by atoms with Crippen LogP contribution in [0.1, 0.15) is 15.9 Å². The van der Waals surface area contributed by atoms with E-state index in [9.17, 15) is 4.79 Å². The molecule has 0 saturated carbocycles. The van der Waals surface area contributed by atoms with Crippen molar-refractivity contribution >= 4 is 37.6 Å². The third kappa shape index (κ3) is 2.88. The third-order valence-corrected chi connectivity index (χ3v) is 4.01. The molecule has 2 rings (SSSR count). The van der Waals surface area contributed by atoms with Crippen molar-refractivity contribution in [2.45, 2.75) is 0 Å². The summed E-state index contributed by atoms with van der Waals surface area (Å²) < 4.78 is 12.1. The van der Waals surface area contributed by atoms with E-state index < -0.39 is 0 Å². The van der Waals surface area contributed by atoms with Crippen LogP contribution in [-0.2, 0) is 0 Å². The molecule has 0 fully saturated rings. The topological polar surface area (TPSA) is 35.5 Å². The van der Waals surface area contributed by atoms with Crippen LogP contribution in [0.15, 0.2) is 45.3 Å². The lowest BCUT2D eigenvalue weighted by Gasteiger charge is -2.13. The first-order valence-electron chi connectivity index (χ1n) is 5.79. The molecular formula is C15H12Br2O3. The molecular weight excluding hydrogens is 388 g/mol. The molecule has 0 aromatic heterocycles. The van der Waals surface area contributed by atoms with Gasteiger partial charge in [-0.2, -0.15) is 0 Å². The van der Waals surface area contributed by atoms with Crippen LogP contribution < -0.4 is 9.47 Å². The van der Waals surface area contributed by atoms with E-state index in [1.807, 2.05) is 12.1 Å². The Morgan fingerprint density at radius 3 is 2.15 bits per heavy atom. The van der Waals surface area contributed by atoms with E-state index in [2.05, 4.69) is 31.9 Å². The average molecular weight is 400 g/mol. The second-order valence-corrected chi connectivity index (χ2v) is 5.76. The van der Waals surface area contributed by atoms with E-state index in [4.69, 9.17) is 9.47 Å². The van der Waals surface area contributed by atoms with Crippen LogP contribution in [-0.4, -0.2) is 20.0 Å². The Bertz CT molecular complexity index is 631. The monoisotopic (exact) mass is 398 g/mol. The van der Waals surface area contributed by atoms with Crippen molar-refractivity contribution in [2.75, 3.05) is 14.2 Å². The average Bonchev–Trinajstić information content (AvgIpc) is 2.48. The van der Waals surface area contributed by atoms with Crippen molar-refractivity contribution in [3.8, 4) is 11.5 Å². The van der Waals surface area contributed by atoms with Crippen molar-refractivity contribution < 1.29 is 14.3 Å². The van der Waals surface area contributed by atoms with Gasteiger partial charge in [0.1, 0.15) is 17.1 Å². The number of hydrogen-bond donors (Lipinski definition) is 0. The molecule has 0 aliphatic rings. The summed E-state index contributed by atoms with van der Waals surface area (Å²) in [6.45, 7) is 0. The fraction of sp³-hybridized carbons (Fsp3) is 0.133. The van der Waals surface area contributed by atoms with E-state index >= 15 is 0 Å². The zero-order valence-electron chi connectivity index (χ0n) is 10.9. The molecule has 0 spiro atoms. The number of methoxy groups -OCH3 is 2. The molecule has 0 heterocycles. The summed E-state index contributed by atoms with van der Waals surface area (Å²) in [7, 11) is 3.06. The molecule has 3 nitrogen and oxygen atoms in total. The summed E-state index contributed by atoms with van der Waals surface area (Å²) in [6.07, 6.45) is 0. The molecule has 0 aliphatic heterocycles. The predicted octanol–water partition coefficient (Wildman–Crippen LogP) is 4.46. The Kier molecular flexibility index (Phi) is 4.83. The lowest BCUT2D eigenvalue weighted by atomic mass is 10.0. The maximum absolute atomic E-state index is 12.8. The Hall–Kier alpha value is -1.33. The molecule has 0 N–H and O–H groups in total. The van der Waals surface area contributed by atoms with Gasteiger partial charge in [0.2, 0.25) is 5.78 Å². The zero-order valence-corrected chi connectivity index (χ0v) is 14.1. The molecule has 5 heteroatoms. The number of carbonyl (C=O) groups is 1. The standard InChI is InChI=1S/C15H12Br2O3/c1-19-12-4-3-5-13(20-2)14(12)15(18)10-8-9(16)6-7-11(10)17/h3-8H,1-2H3. The van der Waals surface area contributed by atoms with Crippen molar-refractivity contribution in [1.29, 1.82) is 0 Å². The largest absolute Gasteiger partial charge is 0.496 e. The number of hydrogen-bond acceptors (Lipinski definition) is 3. The van der Waals surface area contributed by atoms with Crippen LogP contribution in [0.5, 0.6) is 11.5 Å². The van der Waals surface area contributed by atoms with Crippen LogP contribution in [0, 0.1) is 0 Å². The Balaban J connectivity index is 2.61. The molecule has 2 aromatic rings. The quantitative estimate of drug-likeness (QED) is 0.712. The molecule has 0 radical (unpaired) electrons. The summed E-state index contributed by atoms with van der Waals surface area (Å²) in [4.78, 5) is 12.8. The van der Waals surface area contributed by atoms with E-state index in [1.165, 1.54) is 14.2 Å². The lowest BCUT2D eigenvalue weighted by Crippen LogP contribution is -2.07. The minimum Gasteiger partial charge on any atom is -0.496 e. The van der Waals surface area contributed by atoms with Gasteiger partial charge in [0.15, 0.2) is 0 Å². The van der Waals surface area contributed by atoms with Gasteiger partial charge >= 0.3 is 0 Å². The summed E-state index contributed by atoms with van der Waals surface area (Å²) in [6, 6.07) is 10.7. The van der Waals surface area contributed by atoms with Crippen molar-refractivity contribution in [3.63, 3.8) is 0 Å². The van der Waals surface area contributed by atoms with Gasteiger partial charge in [0.25, 0.3) is 0 Å². The van der Waals surface area contributed by atoms with Crippen molar-refractivity contribution in [1.82, 2.24) is 0 Å². The van der Waals surface area contributed by atoms with Gasteiger partial charge in [0, 0.05) is 14.5 Å². The fourth-order valence-electron chi connectivity index (χ4n) is 1.88. The first-order valence-corrected chi connectivity index (χ1v) is 7.37. The number of benzene rings is 2. The molecule has 0 amide bonds. The molecule has 104 valence electrons. The maximum atomic E-state index is 12.8. The number of rotatable bonds is 4. The SMILES string of the molecule is COc1cccc(OC)c1C(=O)c1cc(Br)ccc1Br. The Morgan fingerprint density at radius 2 is 1.60 bits per heavy atom. The van der Waals surface area contributed by atoms with Gasteiger partial charge in [-0.25, -0.2) is 0 Å². The first kappa shape index (κ1) is 15.1. The molecule has 0 bridgehead atoms. The van der Waals surface area contributed by atoms with E-state index in [-0.39, 0.29) is 5.78 Å². The highest BCUT2D eigenvalue weighted by molar-refractivity contribution is 9.11. The summed E-state index contributed by atoms with van der Waals surface area (Å²) in [5, 5.41) is 0. The van der Waals surface area contributed by atoms with Gasteiger partial charge < -0.3 is 9.47 Å². The Morgan fingerprint density at radius 1 is 1.00 bits per heavy atom. The first-order chi connectivity index (χ1) is 9.58. The van der Waals surface area contributed by atoms with E-state index in [0.29, 0.717) is 22.6 Å². The molecule has 0 unspecified atom stereocenters. The predicted molar refractivity (Wildman–Crippen MR) is 84.8 cm³/mol. The third-order valence-electron chi connectivity index (χ3n) is 2.83. The Labute approximate surface area is 134 Å². The van der Waals surface area contributed by atoms with Gasteiger partial charge in [0.05, 0.1) is 14.2 Å². The highest BCUT2D eigenvalue weighted by atomic mass is 79.9. The normalized spacial score (nSPS) is 10.2. The summed E-state index contributed by atoms with van der Waals surface area (Å²) >= 11 is 6.77. The van der Waals surface area contributed by atoms with Gasteiger partial charge in [-0.1, -0.05) is 37.9 Å². The lowest BCUT2D eigenvalue weighted by molar-refractivity contribution is 0.103. The summed E-state index contributed by atoms with van der Waals surface area (Å²) in [5.74, 6) is 0.815. The van der Waals surface area contributed by atoms with E-state index in [0.717, 1.165) is 8.95 Å². The molecule has 0 aliphatic carbocycles. The molecule has 20 heavy (non-hydrogen) atoms. The van der Waals surface area contributed by atoms with Gasteiger partial charge in [-0.15, -0.1) is 0 Å². The highest BCUT2D eigenvalue weighted by Crippen LogP contribution is 2.33. The second kappa shape index (κ2) is 6.41. The molecule has 2 aromatic carbocycles. The van der Waals surface area contributed by atoms with Gasteiger partial charge in [-0.3, -0.25) is 4.79 Å². The number of halogens is 2. The number of carbonyl (C=O) groups excluding carboxylic acids is 1.